The van der Waals surface area contributed by atoms with E-state index in [0.29, 0.717) is 0 Å². The van der Waals surface area contributed by atoms with E-state index in [9.17, 15) is 0 Å². The first-order valence-electron chi connectivity index (χ1n) is 9.13. The highest BCUT2D eigenvalue weighted by atomic mass is 15.2. The van der Waals surface area contributed by atoms with E-state index in [2.05, 4.69) is 21.7 Å². The van der Waals surface area contributed by atoms with E-state index in [-0.39, 0.29) is 0 Å². The molecule has 0 atom stereocenters. The molecule has 1 aliphatic carbocycles. The zero-order chi connectivity index (χ0) is 14.7. The van der Waals surface area contributed by atoms with Crippen molar-refractivity contribution in [1.29, 1.82) is 0 Å². The molecule has 21 heavy (non-hydrogen) atoms. The second kappa shape index (κ2) is 7.40. The maximum absolute atomic E-state index is 5.91. The van der Waals surface area contributed by atoms with Crippen molar-refractivity contribution in [1.82, 2.24) is 14.7 Å². The van der Waals surface area contributed by atoms with Crippen molar-refractivity contribution in [3.63, 3.8) is 0 Å². The largest absolute Gasteiger partial charge is 0.329 e. The average Bonchev–Trinajstić information content (AvgIpc) is 3.31. The van der Waals surface area contributed by atoms with Crippen LogP contribution in [0.5, 0.6) is 0 Å². The number of hydrogen-bond acceptors (Lipinski definition) is 4. The van der Waals surface area contributed by atoms with Gasteiger partial charge >= 0.3 is 0 Å². The first kappa shape index (κ1) is 15.7. The van der Waals surface area contributed by atoms with Crippen LogP contribution in [0.15, 0.2) is 0 Å². The van der Waals surface area contributed by atoms with Gasteiger partial charge in [0.05, 0.1) is 0 Å². The minimum atomic E-state index is 0.782. The van der Waals surface area contributed by atoms with E-state index < -0.39 is 0 Å². The molecular weight excluding hydrogens is 260 g/mol. The molecule has 3 rings (SSSR count). The van der Waals surface area contributed by atoms with Crippen molar-refractivity contribution in [2.24, 2.45) is 11.7 Å². The predicted octanol–water partition coefficient (Wildman–Crippen LogP) is 1.22. The Morgan fingerprint density at radius 2 is 1.48 bits per heavy atom. The SMILES string of the molecule is CN1CCC(N(CCN)C2CCN(CC3CC3)CC2)CC1. The molecule has 0 spiro atoms. The lowest BCUT2D eigenvalue weighted by Gasteiger charge is -2.44. The standard InChI is InChI=1S/C17H34N4/c1-19-9-4-16(5-10-19)21(13-8-18)17-6-11-20(12-7-17)14-15-2-3-15/h15-17H,2-14,18H2,1H3. The third kappa shape index (κ3) is 4.41. The van der Waals surface area contributed by atoms with Crippen molar-refractivity contribution < 1.29 is 0 Å². The van der Waals surface area contributed by atoms with Crippen LogP contribution in [0.1, 0.15) is 38.5 Å². The highest BCUT2D eigenvalue weighted by molar-refractivity contribution is 4.88. The highest BCUT2D eigenvalue weighted by Gasteiger charge is 2.32. The summed E-state index contributed by atoms with van der Waals surface area (Å²) in [5, 5.41) is 0. The normalized spacial score (nSPS) is 27.6. The number of hydrogen-bond donors (Lipinski definition) is 1. The predicted molar refractivity (Wildman–Crippen MR) is 88.5 cm³/mol. The van der Waals surface area contributed by atoms with Gasteiger partial charge in [-0.05, 0) is 77.7 Å². The van der Waals surface area contributed by atoms with Gasteiger partial charge in [-0.15, -0.1) is 0 Å². The zero-order valence-electron chi connectivity index (χ0n) is 13.8. The van der Waals surface area contributed by atoms with Gasteiger partial charge < -0.3 is 15.5 Å². The van der Waals surface area contributed by atoms with Crippen molar-refractivity contribution in [3.8, 4) is 0 Å². The van der Waals surface area contributed by atoms with Gasteiger partial charge in [0.15, 0.2) is 0 Å². The summed E-state index contributed by atoms with van der Waals surface area (Å²) in [6, 6.07) is 1.57. The lowest BCUT2D eigenvalue weighted by Crippen LogP contribution is -2.53. The Morgan fingerprint density at radius 3 is 2.00 bits per heavy atom. The minimum absolute atomic E-state index is 0.782. The first-order chi connectivity index (χ1) is 10.3. The summed E-state index contributed by atoms with van der Waals surface area (Å²) in [5.41, 5.74) is 5.91. The topological polar surface area (TPSA) is 35.7 Å². The fourth-order valence-corrected chi connectivity index (χ4v) is 4.24. The third-order valence-corrected chi connectivity index (χ3v) is 5.78. The quantitative estimate of drug-likeness (QED) is 0.799. The monoisotopic (exact) mass is 294 g/mol. The number of piperidine rings is 2. The molecule has 0 unspecified atom stereocenters. The molecule has 0 aromatic heterocycles. The van der Waals surface area contributed by atoms with Crippen LogP contribution in [0.2, 0.25) is 0 Å². The van der Waals surface area contributed by atoms with Gasteiger partial charge in [-0.1, -0.05) is 0 Å². The summed E-state index contributed by atoms with van der Waals surface area (Å²) in [7, 11) is 2.25. The van der Waals surface area contributed by atoms with Gasteiger partial charge in [-0.2, -0.15) is 0 Å². The molecule has 0 aromatic carbocycles. The van der Waals surface area contributed by atoms with Crippen LogP contribution in [0.25, 0.3) is 0 Å². The highest BCUT2D eigenvalue weighted by Crippen LogP contribution is 2.31. The molecule has 0 radical (unpaired) electrons. The van der Waals surface area contributed by atoms with E-state index in [4.69, 9.17) is 5.73 Å². The Bertz CT molecular complexity index is 302. The minimum Gasteiger partial charge on any atom is -0.329 e. The molecular formula is C17H34N4. The van der Waals surface area contributed by atoms with Crippen molar-refractivity contribution in [2.75, 3.05) is 52.9 Å². The molecule has 2 aliphatic heterocycles. The molecule has 0 bridgehead atoms. The molecule has 0 amide bonds. The van der Waals surface area contributed by atoms with Gasteiger partial charge in [0.2, 0.25) is 0 Å². The molecule has 1 saturated carbocycles. The number of nitrogens with zero attached hydrogens (tertiary/aromatic N) is 3. The Labute approximate surface area is 130 Å². The van der Waals surface area contributed by atoms with Crippen LogP contribution in [0.4, 0.5) is 0 Å². The molecule has 2 saturated heterocycles. The maximum atomic E-state index is 5.91. The van der Waals surface area contributed by atoms with Crippen LogP contribution in [-0.4, -0.2) is 79.6 Å². The lowest BCUT2D eigenvalue weighted by molar-refractivity contribution is 0.0466. The Morgan fingerprint density at radius 1 is 0.905 bits per heavy atom. The second-order valence-electron chi connectivity index (χ2n) is 7.54. The summed E-state index contributed by atoms with van der Waals surface area (Å²) >= 11 is 0. The third-order valence-electron chi connectivity index (χ3n) is 5.78. The van der Waals surface area contributed by atoms with Crippen molar-refractivity contribution in [2.45, 2.75) is 50.6 Å². The summed E-state index contributed by atoms with van der Waals surface area (Å²) < 4.78 is 0. The van der Waals surface area contributed by atoms with Crippen LogP contribution >= 0.6 is 0 Å². The van der Waals surface area contributed by atoms with Gasteiger partial charge in [-0.3, -0.25) is 4.90 Å². The molecule has 2 N–H and O–H groups in total. The molecule has 4 heteroatoms. The lowest BCUT2D eigenvalue weighted by atomic mass is 9.96. The smallest absolute Gasteiger partial charge is 0.0123 e. The fraction of sp³-hybridized carbons (Fsp3) is 1.00. The van der Waals surface area contributed by atoms with Crippen LogP contribution < -0.4 is 5.73 Å². The molecule has 2 heterocycles. The zero-order valence-corrected chi connectivity index (χ0v) is 13.8. The van der Waals surface area contributed by atoms with Crippen LogP contribution in [0.3, 0.4) is 0 Å². The van der Waals surface area contributed by atoms with Crippen LogP contribution in [-0.2, 0) is 0 Å². The maximum Gasteiger partial charge on any atom is 0.0123 e. The van der Waals surface area contributed by atoms with Gasteiger partial charge in [0.1, 0.15) is 0 Å². The Kier molecular flexibility index (Phi) is 5.54. The van der Waals surface area contributed by atoms with Crippen LogP contribution in [0, 0.1) is 5.92 Å². The van der Waals surface area contributed by atoms with E-state index in [0.717, 1.165) is 31.1 Å². The number of likely N-dealkylation sites (tertiary alicyclic amines) is 2. The molecule has 0 aromatic rings. The van der Waals surface area contributed by atoms with E-state index in [1.54, 1.807) is 0 Å². The second-order valence-corrected chi connectivity index (χ2v) is 7.54. The fourth-order valence-electron chi connectivity index (χ4n) is 4.24. The van der Waals surface area contributed by atoms with E-state index in [1.807, 2.05) is 0 Å². The number of nitrogens with two attached hydrogens (primary N) is 1. The molecule has 4 nitrogen and oxygen atoms in total. The summed E-state index contributed by atoms with van der Waals surface area (Å²) in [6.07, 6.45) is 8.35. The number of rotatable bonds is 6. The van der Waals surface area contributed by atoms with Crippen molar-refractivity contribution in [3.05, 3.63) is 0 Å². The Hall–Kier alpha value is -0.160. The molecule has 3 fully saturated rings. The summed E-state index contributed by atoms with van der Waals surface area (Å²) in [5.74, 6) is 1.04. The van der Waals surface area contributed by atoms with E-state index in [1.165, 1.54) is 71.2 Å². The summed E-state index contributed by atoms with van der Waals surface area (Å²) in [4.78, 5) is 7.96. The van der Waals surface area contributed by atoms with Crippen molar-refractivity contribution >= 4 is 0 Å². The van der Waals surface area contributed by atoms with Gasteiger partial charge in [0.25, 0.3) is 0 Å². The summed E-state index contributed by atoms with van der Waals surface area (Å²) in [6.45, 7) is 8.43. The Balaban J connectivity index is 1.49. The van der Waals surface area contributed by atoms with E-state index >= 15 is 0 Å². The van der Waals surface area contributed by atoms with Gasteiger partial charge in [0, 0.05) is 31.7 Å². The molecule has 3 aliphatic rings. The molecule has 122 valence electrons. The first-order valence-corrected chi connectivity index (χ1v) is 9.13. The average molecular weight is 294 g/mol. The van der Waals surface area contributed by atoms with Gasteiger partial charge in [-0.25, -0.2) is 0 Å².